The molecule has 0 unspecified atom stereocenters. The number of thiophene rings is 1. The maximum Gasteiger partial charge on any atom is 0.341 e. The topological polar surface area (TPSA) is 96.0 Å². The van der Waals surface area contributed by atoms with Crippen molar-refractivity contribution in [3.8, 4) is 0 Å². The number of nitrogens with one attached hydrogen (secondary N) is 1. The zero-order valence-electron chi connectivity index (χ0n) is 19.8. The number of amides is 1. The van der Waals surface area contributed by atoms with E-state index < -0.39 is 21.9 Å². The van der Waals surface area contributed by atoms with Gasteiger partial charge < -0.3 is 10.1 Å². The third-order valence-electron chi connectivity index (χ3n) is 5.90. The van der Waals surface area contributed by atoms with Crippen LogP contribution in [0.3, 0.4) is 0 Å². The molecule has 8 nitrogen and oxygen atoms in total. The van der Waals surface area contributed by atoms with Crippen molar-refractivity contribution >= 4 is 38.2 Å². The van der Waals surface area contributed by atoms with Crippen LogP contribution >= 0.6 is 11.3 Å². The Bertz CT molecular complexity index is 1330. The number of nitrogens with zero attached hydrogens (tertiary/aromatic N) is 2. The van der Waals surface area contributed by atoms with E-state index in [0.29, 0.717) is 23.5 Å². The van der Waals surface area contributed by atoms with Crippen LogP contribution in [0.15, 0.2) is 59.5 Å². The Balaban J connectivity index is 1.56. The summed E-state index contributed by atoms with van der Waals surface area (Å²) in [6.45, 7) is 2.26. The fourth-order valence-electron chi connectivity index (χ4n) is 4.00. The highest BCUT2D eigenvalue weighted by Gasteiger charge is 2.29. The molecule has 10 heteroatoms. The number of benzene rings is 2. The minimum Gasteiger partial charge on any atom is -0.465 e. The fourth-order valence-corrected chi connectivity index (χ4v) is 6.18. The van der Waals surface area contributed by atoms with Crippen molar-refractivity contribution in [2.75, 3.05) is 33.1 Å². The predicted molar refractivity (Wildman–Crippen MR) is 135 cm³/mol. The number of fused-ring (bicyclic) bond motifs is 1. The van der Waals surface area contributed by atoms with Crippen LogP contribution in [-0.4, -0.2) is 57.2 Å². The number of carbonyl (C=O) groups excluding carboxylic acids is 2. The normalized spacial score (nSPS) is 13.9. The summed E-state index contributed by atoms with van der Waals surface area (Å²) in [5.41, 5.74) is 2.81. The molecule has 0 bridgehead atoms. The highest BCUT2D eigenvalue weighted by molar-refractivity contribution is 7.89. The van der Waals surface area contributed by atoms with Gasteiger partial charge in [0.25, 0.3) is 5.91 Å². The van der Waals surface area contributed by atoms with Crippen molar-refractivity contribution < 1.29 is 22.7 Å². The molecule has 1 aliphatic rings. The molecule has 0 spiro atoms. The fraction of sp³-hybridized carbons (Fsp3) is 0.280. The van der Waals surface area contributed by atoms with Crippen LogP contribution in [0, 0.1) is 0 Å². The van der Waals surface area contributed by atoms with E-state index in [9.17, 15) is 18.0 Å². The molecule has 4 rings (SSSR count). The number of anilines is 1. The van der Waals surface area contributed by atoms with Gasteiger partial charge in [-0.05, 0) is 41.8 Å². The lowest BCUT2D eigenvalue weighted by Crippen LogP contribution is -2.29. The second kappa shape index (κ2) is 10.3. The molecule has 0 aliphatic carbocycles. The summed E-state index contributed by atoms with van der Waals surface area (Å²) in [6, 6.07) is 15.9. The molecule has 1 aliphatic heterocycles. The zero-order chi connectivity index (χ0) is 25.2. The molecule has 0 atom stereocenters. The van der Waals surface area contributed by atoms with Gasteiger partial charge in [-0.2, -0.15) is 0 Å². The highest BCUT2D eigenvalue weighted by atomic mass is 32.2. The molecular formula is C25H27N3O5S2. The smallest absolute Gasteiger partial charge is 0.341 e. The summed E-state index contributed by atoms with van der Waals surface area (Å²) >= 11 is 1.38. The Morgan fingerprint density at radius 3 is 2.40 bits per heavy atom. The number of esters is 1. The Hall–Kier alpha value is -3.05. The third-order valence-corrected chi connectivity index (χ3v) is 8.86. The lowest BCUT2D eigenvalue weighted by molar-refractivity contribution is 0.0600. The lowest BCUT2D eigenvalue weighted by Gasteiger charge is -2.27. The van der Waals surface area contributed by atoms with Gasteiger partial charge in [-0.3, -0.25) is 9.69 Å². The average molecular weight is 514 g/mol. The summed E-state index contributed by atoms with van der Waals surface area (Å²) in [4.78, 5) is 29.0. The van der Waals surface area contributed by atoms with Crippen molar-refractivity contribution in [3.63, 3.8) is 0 Å². The van der Waals surface area contributed by atoms with Crippen molar-refractivity contribution in [1.82, 2.24) is 9.21 Å². The Morgan fingerprint density at radius 1 is 1.09 bits per heavy atom. The standard InChI is InChI=1S/C25H27N3O5S2/c1-27(2)35(31,32)19-11-9-18(10-12-19)23(29)26-24-22(25(30)33-3)20-13-14-28(16-21(20)34-24)15-17-7-5-4-6-8-17/h4-12H,13-16H2,1-3H3,(H,26,29). The maximum atomic E-state index is 13.0. The summed E-state index contributed by atoms with van der Waals surface area (Å²) in [5.74, 6) is -0.912. The summed E-state index contributed by atoms with van der Waals surface area (Å²) in [7, 11) is 0.631. The second-order valence-electron chi connectivity index (χ2n) is 8.41. The highest BCUT2D eigenvalue weighted by Crippen LogP contribution is 2.38. The molecule has 0 saturated carbocycles. The van der Waals surface area contributed by atoms with Crippen LogP contribution in [0.2, 0.25) is 0 Å². The van der Waals surface area contributed by atoms with Gasteiger partial charge in [0.2, 0.25) is 10.0 Å². The summed E-state index contributed by atoms with van der Waals surface area (Å²) in [6.07, 6.45) is 0.677. The maximum absolute atomic E-state index is 13.0. The number of methoxy groups -OCH3 is 1. The number of carbonyl (C=O) groups is 2. The van der Waals surface area contributed by atoms with Gasteiger partial charge in [0.15, 0.2) is 0 Å². The first-order valence-electron chi connectivity index (χ1n) is 11.0. The third kappa shape index (κ3) is 5.30. The molecule has 3 aromatic rings. The van der Waals surface area contributed by atoms with E-state index in [1.54, 1.807) is 0 Å². The van der Waals surface area contributed by atoms with Gasteiger partial charge >= 0.3 is 5.97 Å². The quantitative estimate of drug-likeness (QED) is 0.485. The molecular weight excluding hydrogens is 486 g/mol. The molecule has 0 radical (unpaired) electrons. The summed E-state index contributed by atoms with van der Waals surface area (Å²) in [5, 5.41) is 3.29. The van der Waals surface area contributed by atoms with E-state index in [2.05, 4.69) is 22.3 Å². The first-order valence-corrected chi connectivity index (χ1v) is 13.3. The van der Waals surface area contributed by atoms with E-state index in [-0.39, 0.29) is 10.5 Å². The summed E-state index contributed by atoms with van der Waals surface area (Å²) < 4.78 is 30.7. The van der Waals surface area contributed by atoms with Gasteiger partial charge in [-0.1, -0.05) is 30.3 Å². The molecule has 2 aromatic carbocycles. The Labute approximate surface area is 209 Å². The molecule has 1 N–H and O–H groups in total. The van der Waals surface area contributed by atoms with Gasteiger partial charge in [0.05, 0.1) is 17.6 Å². The Kier molecular flexibility index (Phi) is 7.36. The van der Waals surface area contributed by atoms with Gasteiger partial charge in [0.1, 0.15) is 5.00 Å². The van der Waals surface area contributed by atoms with Crippen molar-refractivity contribution in [2.45, 2.75) is 24.4 Å². The van der Waals surface area contributed by atoms with Gasteiger partial charge in [0, 0.05) is 44.2 Å². The average Bonchev–Trinajstić information content (AvgIpc) is 3.21. The number of hydrogen-bond acceptors (Lipinski definition) is 7. The van der Waals surface area contributed by atoms with Crippen molar-refractivity contribution in [2.24, 2.45) is 0 Å². The largest absolute Gasteiger partial charge is 0.465 e. The van der Waals surface area contributed by atoms with E-state index in [0.717, 1.165) is 27.8 Å². The Morgan fingerprint density at radius 2 is 1.77 bits per heavy atom. The van der Waals surface area contributed by atoms with Crippen LogP contribution in [0.5, 0.6) is 0 Å². The number of sulfonamides is 1. The molecule has 0 fully saturated rings. The molecule has 0 saturated heterocycles. The predicted octanol–water partition coefficient (Wildman–Crippen LogP) is 3.60. The van der Waals surface area contributed by atoms with E-state index in [1.165, 1.54) is 62.4 Å². The molecule has 1 amide bonds. The molecule has 35 heavy (non-hydrogen) atoms. The van der Waals surface area contributed by atoms with Crippen LogP contribution in [0.4, 0.5) is 5.00 Å². The molecule has 1 aromatic heterocycles. The lowest BCUT2D eigenvalue weighted by atomic mass is 10.0. The van der Waals surface area contributed by atoms with Crippen LogP contribution in [-0.2, 0) is 34.3 Å². The van der Waals surface area contributed by atoms with E-state index >= 15 is 0 Å². The van der Waals surface area contributed by atoms with Crippen LogP contribution in [0.1, 0.15) is 36.7 Å². The SMILES string of the molecule is COC(=O)c1c(NC(=O)c2ccc(S(=O)(=O)N(C)C)cc2)sc2c1CCN(Cc1ccccc1)C2. The number of hydrogen-bond donors (Lipinski definition) is 1. The van der Waals surface area contributed by atoms with Crippen LogP contribution in [0.25, 0.3) is 0 Å². The zero-order valence-corrected chi connectivity index (χ0v) is 21.4. The second-order valence-corrected chi connectivity index (χ2v) is 11.7. The minimum atomic E-state index is -3.59. The van der Waals surface area contributed by atoms with Crippen LogP contribution < -0.4 is 5.32 Å². The monoisotopic (exact) mass is 513 g/mol. The first kappa shape index (κ1) is 25.1. The van der Waals surface area contributed by atoms with Gasteiger partial charge in [-0.15, -0.1) is 11.3 Å². The van der Waals surface area contributed by atoms with Gasteiger partial charge in [-0.25, -0.2) is 17.5 Å². The van der Waals surface area contributed by atoms with E-state index in [4.69, 9.17) is 4.74 Å². The molecule has 184 valence electrons. The van der Waals surface area contributed by atoms with Crippen molar-refractivity contribution in [1.29, 1.82) is 0 Å². The number of ether oxygens (including phenoxy) is 1. The first-order chi connectivity index (χ1) is 16.7. The van der Waals surface area contributed by atoms with Crippen molar-refractivity contribution in [3.05, 3.63) is 81.7 Å². The minimum absolute atomic E-state index is 0.0967. The number of rotatable bonds is 7. The van der Waals surface area contributed by atoms with E-state index in [1.807, 2.05) is 18.2 Å². The molecule has 2 heterocycles.